The van der Waals surface area contributed by atoms with Crippen molar-refractivity contribution < 1.29 is 9.59 Å². The van der Waals surface area contributed by atoms with Gasteiger partial charge in [-0.15, -0.1) is 0 Å². The zero-order chi connectivity index (χ0) is 17.6. The van der Waals surface area contributed by atoms with Crippen molar-refractivity contribution in [2.24, 2.45) is 11.8 Å². The highest BCUT2D eigenvalue weighted by Gasteiger charge is 2.33. The third-order valence-electron chi connectivity index (χ3n) is 6.46. The second-order valence-corrected chi connectivity index (χ2v) is 8.37. The first-order valence-electron chi connectivity index (χ1n) is 10.4. The number of nitrogens with zero attached hydrogens (tertiary/aromatic N) is 2. The van der Waals surface area contributed by atoms with Gasteiger partial charge in [-0.2, -0.15) is 0 Å². The second kappa shape index (κ2) is 9.02. The normalized spacial score (nSPS) is 29.9. The van der Waals surface area contributed by atoms with E-state index in [1.807, 2.05) is 4.90 Å². The van der Waals surface area contributed by atoms with E-state index in [2.05, 4.69) is 17.3 Å². The minimum absolute atomic E-state index is 0.125. The molecule has 3 rings (SSSR count). The minimum atomic E-state index is 0.125. The summed E-state index contributed by atoms with van der Waals surface area (Å²) in [6.45, 7) is 3.67. The van der Waals surface area contributed by atoms with Gasteiger partial charge < -0.3 is 15.1 Å². The van der Waals surface area contributed by atoms with Crippen LogP contribution < -0.4 is 5.32 Å². The molecule has 3 aliphatic rings. The van der Waals surface area contributed by atoms with E-state index < -0.39 is 0 Å². The maximum absolute atomic E-state index is 12.7. The number of hydrogen-bond acceptors (Lipinski definition) is 3. The molecule has 1 aliphatic heterocycles. The Morgan fingerprint density at radius 1 is 0.760 bits per heavy atom. The van der Waals surface area contributed by atoms with Gasteiger partial charge >= 0.3 is 0 Å². The van der Waals surface area contributed by atoms with Crippen LogP contribution in [0.4, 0.5) is 0 Å². The van der Waals surface area contributed by atoms with Gasteiger partial charge in [0, 0.05) is 44.1 Å². The summed E-state index contributed by atoms with van der Waals surface area (Å²) in [5.41, 5.74) is 0. The standard InChI is InChI=1S/C20H35N3O2/c1-22-12-14-23(15-13-22)20(25)17-10-8-16(9-11-17)19(24)21-18-6-4-2-3-5-7-18/h16-18H,2-15H2,1H3,(H,21,24). The van der Waals surface area contributed by atoms with Gasteiger partial charge in [0.2, 0.25) is 11.8 Å². The fraction of sp³-hybridized carbons (Fsp3) is 0.900. The molecule has 0 aromatic carbocycles. The highest BCUT2D eigenvalue weighted by Crippen LogP contribution is 2.31. The van der Waals surface area contributed by atoms with Crippen LogP contribution in [0.1, 0.15) is 64.2 Å². The maximum Gasteiger partial charge on any atom is 0.225 e. The van der Waals surface area contributed by atoms with Gasteiger partial charge in [-0.05, 0) is 45.6 Å². The zero-order valence-corrected chi connectivity index (χ0v) is 15.8. The fourth-order valence-corrected chi connectivity index (χ4v) is 4.63. The number of carbonyl (C=O) groups excluding carboxylic acids is 2. The van der Waals surface area contributed by atoms with Crippen LogP contribution in [0.2, 0.25) is 0 Å². The number of rotatable bonds is 3. The van der Waals surface area contributed by atoms with Crippen LogP contribution in [0, 0.1) is 11.8 Å². The molecule has 25 heavy (non-hydrogen) atoms. The summed E-state index contributed by atoms with van der Waals surface area (Å²) >= 11 is 0. The number of amides is 2. The van der Waals surface area contributed by atoms with Crippen LogP contribution in [0.25, 0.3) is 0 Å². The third-order valence-corrected chi connectivity index (χ3v) is 6.46. The third kappa shape index (κ3) is 5.19. The van der Waals surface area contributed by atoms with Crippen molar-refractivity contribution in [1.82, 2.24) is 15.1 Å². The molecule has 5 nitrogen and oxygen atoms in total. The molecular weight excluding hydrogens is 314 g/mol. The highest BCUT2D eigenvalue weighted by molar-refractivity contribution is 5.81. The molecule has 0 aromatic heterocycles. The van der Waals surface area contributed by atoms with Gasteiger partial charge in [0.05, 0.1) is 0 Å². The molecule has 142 valence electrons. The Bertz CT molecular complexity index is 444. The Kier molecular flexibility index (Phi) is 6.74. The molecule has 5 heteroatoms. The van der Waals surface area contributed by atoms with E-state index >= 15 is 0 Å². The monoisotopic (exact) mass is 349 g/mol. The molecule has 0 aromatic rings. The Morgan fingerprint density at radius 3 is 1.92 bits per heavy atom. The van der Waals surface area contributed by atoms with E-state index in [0.29, 0.717) is 11.9 Å². The van der Waals surface area contributed by atoms with Crippen molar-refractivity contribution in [2.45, 2.75) is 70.3 Å². The van der Waals surface area contributed by atoms with Gasteiger partial charge in [0.15, 0.2) is 0 Å². The lowest BCUT2D eigenvalue weighted by atomic mass is 9.80. The molecule has 0 radical (unpaired) electrons. The van der Waals surface area contributed by atoms with Gasteiger partial charge in [0.25, 0.3) is 0 Å². The smallest absolute Gasteiger partial charge is 0.225 e. The molecule has 3 fully saturated rings. The molecule has 0 unspecified atom stereocenters. The van der Waals surface area contributed by atoms with E-state index in [4.69, 9.17) is 0 Å². The van der Waals surface area contributed by atoms with Crippen LogP contribution in [0.5, 0.6) is 0 Å². The van der Waals surface area contributed by atoms with Crippen LogP contribution in [0.15, 0.2) is 0 Å². The van der Waals surface area contributed by atoms with Crippen molar-refractivity contribution in [1.29, 1.82) is 0 Å². The molecule has 2 aliphatic carbocycles. The number of hydrogen-bond donors (Lipinski definition) is 1. The first kappa shape index (κ1) is 18.7. The molecule has 0 bridgehead atoms. The predicted molar refractivity (Wildman–Crippen MR) is 99.2 cm³/mol. The SMILES string of the molecule is CN1CCN(C(=O)C2CCC(C(=O)NC3CCCCCC3)CC2)CC1. The summed E-state index contributed by atoms with van der Waals surface area (Å²) in [7, 11) is 2.11. The molecule has 2 saturated carbocycles. The topological polar surface area (TPSA) is 52.7 Å². The van der Waals surface area contributed by atoms with Crippen LogP contribution in [-0.2, 0) is 9.59 Å². The van der Waals surface area contributed by atoms with E-state index in [-0.39, 0.29) is 17.7 Å². The van der Waals surface area contributed by atoms with Crippen molar-refractivity contribution in [3.05, 3.63) is 0 Å². The molecular formula is C20H35N3O2. The molecule has 1 saturated heterocycles. The number of carbonyl (C=O) groups is 2. The van der Waals surface area contributed by atoms with Gasteiger partial charge in [-0.3, -0.25) is 9.59 Å². The number of nitrogens with one attached hydrogen (secondary N) is 1. The summed E-state index contributed by atoms with van der Waals surface area (Å²) in [6, 6.07) is 0.389. The molecule has 0 atom stereocenters. The number of likely N-dealkylation sites (N-methyl/N-ethyl adjacent to an activating group) is 1. The lowest BCUT2D eigenvalue weighted by molar-refractivity contribution is -0.139. The minimum Gasteiger partial charge on any atom is -0.353 e. The predicted octanol–water partition coefficient (Wildman–Crippen LogP) is 2.41. The fourth-order valence-electron chi connectivity index (χ4n) is 4.63. The summed E-state index contributed by atoms with van der Waals surface area (Å²) in [5, 5.41) is 3.30. The Labute approximate surface area is 152 Å². The first-order valence-corrected chi connectivity index (χ1v) is 10.4. The van der Waals surface area contributed by atoms with Crippen LogP contribution in [-0.4, -0.2) is 60.9 Å². The molecule has 1 N–H and O–H groups in total. The van der Waals surface area contributed by atoms with E-state index in [1.165, 1.54) is 25.7 Å². The summed E-state index contributed by atoms with van der Waals surface area (Å²) in [4.78, 5) is 29.6. The summed E-state index contributed by atoms with van der Waals surface area (Å²) in [5.74, 6) is 0.846. The largest absolute Gasteiger partial charge is 0.353 e. The second-order valence-electron chi connectivity index (χ2n) is 8.37. The van der Waals surface area contributed by atoms with Crippen LogP contribution in [0.3, 0.4) is 0 Å². The van der Waals surface area contributed by atoms with Gasteiger partial charge in [0.1, 0.15) is 0 Å². The van der Waals surface area contributed by atoms with E-state index in [9.17, 15) is 9.59 Å². The average molecular weight is 350 g/mol. The average Bonchev–Trinajstić information content (AvgIpc) is 2.90. The van der Waals surface area contributed by atoms with Crippen LogP contribution >= 0.6 is 0 Å². The van der Waals surface area contributed by atoms with E-state index in [1.54, 1.807) is 0 Å². The Hall–Kier alpha value is -1.10. The zero-order valence-electron chi connectivity index (χ0n) is 15.8. The lowest BCUT2D eigenvalue weighted by Gasteiger charge is -2.36. The molecule has 0 spiro atoms. The summed E-state index contributed by atoms with van der Waals surface area (Å²) in [6.07, 6.45) is 10.9. The van der Waals surface area contributed by atoms with Crippen molar-refractivity contribution >= 4 is 11.8 Å². The summed E-state index contributed by atoms with van der Waals surface area (Å²) < 4.78 is 0. The molecule has 1 heterocycles. The van der Waals surface area contributed by atoms with Crippen molar-refractivity contribution in [2.75, 3.05) is 33.2 Å². The number of piperazine rings is 1. The lowest BCUT2D eigenvalue weighted by Crippen LogP contribution is -2.49. The Balaban J connectivity index is 1.41. The van der Waals surface area contributed by atoms with Gasteiger partial charge in [-0.1, -0.05) is 25.7 Å². The van der Waals surface area contributed by atoms with E-state index in [0.717, 1.165) is 64.7 Å². The van der Waals surface area contributed by atoms with Crippen molar-refractivity contribution in [3.8, 4) is 0 Å². The quantitative estimate of drug-likeness (QED) is 0.796. The first-order chi connectivity index (χ1) is 12.1. The van der Waals surface area contributed by atoms with Gasteiger partial charge in [-0.25, -0.2) is 0 Å². The van der Waals surface area contributed by atoms with Crippen molar-refractivity contribution in [3.63, 3.8) is 0 Å². The highest BCUT2D eigenvalue weighted by atomic mass is 16.2. The molecule has 2 amide bonds. The Morgan fingerprint density at radius 2 is 1.32 bits per heavy atom. The maximum atomic E-state index is 12.7.